The Morgan fingerprint density at radius 3 is 1.75 bits per heavy atom. The van der Waals surface area contributed by atoms with Gasteiger partial charge in [-0.25, -0.2) is 4.79 Å². The molecular weight excluding hydrogens is 477 g/mol. The highest BCUT2D eigenvalue weighted by molar-refractivity contribution is 7.53. The third-order valence-corrected chi connectivity index (χ3v) is 8.19. The molecular formula is C28H48NO6P. The molecule has 1 aromatic rings. The van der Waals surface area contributed by atoms with Gasteiger partial charge in [-0.05, 0) is 31.4 Å². The molecule has 36 heavy (non-hydrogen) atoms. The van der Waals surface area contributed by atoms with E-state index in [2.05, 4.69) is 12.2 Å². The Morgan fingerprint density at radius 2 is 1.28 bits per heavy atom. The molecule has 1 aromatic carbocycles. The zero-order valence-corrected chi connectivity index (χ0v) is 23.5. The van der Waals surface area contributed by atoms with Gasteiger partial charge in [-0.15, -0.1) is 0 Å². The minimum atomic E-state index is -3.20. The second-order valence-corrected chi connectivity index (χ2v) is 11.4. The number of hydrogen-bond donors (Lipinski definition) is 2. The van der Waals surface area contributed by atoms with Crippen LogP contribution in [0.15, 0.2) is 24.3 Å². The molecule has 206 valence electrons. The fraction of sp³-hybridized carbons (Fsp3) is 0.714. The topological polar surface area (TPSA) is 102 Å². The van der Waals surface area contributed by atoms with E-state index < -0.39 is 19.6 Å². The predicted octanol–water partition coefficient (Wildman–Crippen LogP) is 7.27. The fourth-order valence-corrected chi connectivity index (χ4v) is 5.88. The lowest BCUT2D eigenvalue weighted by Gasteiger charge is -2.17. The van der Waals surface area contributed by atoms with Crippen LogP contribution in [0.2, 0.25) is 0 Å². The molecule has 0 aliphatic rings. The maximum atomic E-state index is 12.7. The van der Waals surface area contributed by atoms with Crippen LogP contribution in [0.3, 0.4) is 0 Å². The highest BCUT2D eigenvalue weighted by Gasteiger charge is 2.24. The SMILES string of the molecule is CCCCCCCCCCCCCC(=O)N[C@@H](Cc1ccc(CP(=O)(OCC)OCC)cc1)C(=O)O. The summed E-state index contributed by atoms with van der Waals surface area (Å²) in [4.78, 5) is 24.0. The summed E-state index contributed by atoms with van der Waals surface area (Å²) in [5.74, 6) is -1.27. The van der Waals surface area contributed by atoms with Crippen molar-refractivity contribution >= 4 is 19.5 Å². The highest BCUT2D eigenvalue weighted by Crippen LogP contribution is 2.51. The van der Waals surface area contributed by atoms with Crippen molar-refractivity contribution in [1.82, 2.24) is 5.32 Å². The van der Waals surface area contributed by atoms with E-state index in [1.807, 2.05) is 0 Å². The summed E-state index contributed by atoms with van der Waals surface area (Å²) >= 11 is 0. The van der Waals surface area contributed by atoms with Gasteiger partial charge in [-0.2, -0.15) is 0 Å². The van der Waals surface area contributed by atoms with Crippen molar-refractivity contribution in [2.24, 2.45) is 0 Å². The van der Waals surface area contributed by atoms with Crippen LogP contribution in [0, 0.1) is 0 Å². The van der Waals surface area contributed by atoms with Crippen LogP contribution in [-0.2, 0) is 35.8 Å². The average Bonchev–Trinajstić information content (AvgIpc) is 2.83. The van der Waals surface area contributed by atoms with Crippen molar-refractivity contribution in [2.45, 2.75) is 116 Å². The van der Waals surface area contributed by atoms with E-state index in [9.17, 15) is 19.3 Å². The molecule has 0 heterocycles. The molecule has 0 aromatic heterocycles. The van der Waals surface area contributed by atoms with Crippen LogP contribution in [0.4, 0.5) is 0 Å². The summed E-state index contributed by atoms with van der Waals surface area (Å²) in [5, 5.41) is 12.2. The quantitative estimate of drug-likeness (QED) is 0.122. The summed E-state index contributed by atoms with van der Waals surface area (Å²) in [5.41, 5.74) is 1.57. The number of carbonyl (C=O) groups excluding carboxylic acids is 1. The fourth-order valence-electron chi connectivity index (χ4n) is 4.18. The monoisotopic (exact) mass is 525 g/mol. The Balaban J connectivity index is 2.36. The summed E-state index contributed by atoms with van der Waals surface area (Å²) in [6, 6.07) is 6.21. The normalized spacial score (nSPS) is 12.4. The van der Waals surface area contributed by atoms with Crippen molar-refractivity contribution in [2.75, 3.05) is 13.2 Å². The largest absolute Gasteiger partial charge is 0.480 e. The van der Waals surface area contributed by atoms with Gasteiger partial charge < -0.3 is 19.5 Å². The standard InChI is InChI=1S/C28H48NO6P/c1-4-7-8-9-10-11-12-13-14-15-16-17-27(30)29-26(28(31)32)22-24-18-20-25(21-19-24)23-36(33,34-5-2)35-6-3/h18-21,26H,4-17,22-23H2,1-3H3,(H,29,30)(H,31,32)/t26-/m0/s1. The van der Waals surface area contributed by atoms with Crippen LogP contribution in [0.5, 0.6) is 0 Å². The minimum Gasteiger partial charge on any atom is -0.480 e. The molecule has 2 N–H and O–H groups in total. The molecule has 0 saturated heterocycles. The number of carbonyl (C=O) groups is 2. The molecule has 0 aliphatic carbocycles. The molecule has 0 aliphatic heterocycles. The molecule has 0 bridgehead atoms. The van der Waals surface area contributed by atoms with E-state index in [-0.39, 0.29) is 18.5 Å². The number of nitrogens with one attached hydrogen (secondary N) is 1. The van der Waals surface area contributed by atoms with Crippen LogP contribution in [0.25, 0.3) is 0 Å². The first-order valence-corrected chi connectivity index (χ1v) is 15.5. The molecule has 0 radical (unpaired) electrons. The lowest BCUT2D eigenvalue weighted by Crippen LogP contribution is -2.42. The van der Waals surface area contributed by atoms with Gasteiger partial charge in [0.2, 0.25) is 5.91 Å². The summed E-state index contributed by atoms with van der Waals surface area (Å²) in [6.07, 6.45) is 14.0. The first-order chi connectivity index (χ1) is 17.3. The zero-order valence-electron chi connectivity index (χ0n) is 22.6. The van der Waals surface area contributed by atoms with Crippen LogP contribution in [-0.4, -0.2) is 36.2 Å². The number of aliphatic carboxylic acids is 1. The second-order valence-electron chi connectivity index (χ2n) is 9.37. The van der Waals surface area contributed by atoms with Crippen LogP contribution in [0.1, 0.15) is 109 Å². The van der Waals surface area contributed by atoms with E-state index in [1.165, 1.54) is 51.4 Å². The molecule has 8 heteroatoms. The molecule has 1 rings (SSSR count). The third-order valence-electron chi connectivity index (χ3n) is 6.13. The minimum absolute atomic E-state index is 0.160. The number of unbranched alkanes of at least 4 members (excludes halogenated alkanes) is 10. The number of benzene rings is 1. The summed E-state index contributed by atoms with van der Waals surface area (Å²) in [6.45, 7) is 6.37. The van der Waals surface area contributed by atoms with Crippen molar-refractivity contribution in [3.63, 3.8) is 0 Å². The van der Waals surface area contributed by atoms with E-state index in [0.29, 0.717) is 19.6 Å². The number of amides is 1. The zero-order chi connectivity index (χ0) is 26.7. The molecule has 1 amide bonds. The van der Waals surface area contributed by atoms with Crippen LogP contribution < -0.4 is 5.32 Å². The number of carboxylic acid groups (broad SMARTS) is 1. The first kappa shape index (κ1) is 32.3. The highest BCUT2D eigenvalue weighted by atomic mass is 31.2. The molecule has 0 spiro atoms. The Morgan fingerprint density at radius 1 is 0.806 bits per heavy atom. The maximum Gasteiger partial charge on any atom is 0.335 e. The average molecular weight is 526 g/mol. The van der Waals surface area contributed by atoms with Gasteiger partial charge in [0.1, 0.15) is 6.04 Å². The van der Waals surface area contributed by atoms with Crippen molar-refractivity contribution in [1.29, 1.82) is 0 Å². The molecule has 0 fully saturated rings. The lowest BCUT2D eigenvalue weighted by molar-refractivity contribution is -0.141. The van der Waals surface area contributed by atoms with Gasteiger partial charge in [0.25, 0.3) is 0 Å². The first-order valence-electron chi connectivity index (χ1n) is 13.8. The summed E-state index contributed by atoms with van der Waals surface area (Å²) in [7, 11) is -3.20. The van der Waals surface area contributed by atoms with E-state index in [0.717, 1.165) is 30.4 Å². The molecule has 1 atom stereocenters. The summed E-state index contributed by atoms with van der Waals surface area (Å²) < 4.78 is 23.4. The van der Waals surface area contributed by atoms with Crippen molar-refractivity contribution in [3.8, 4) is 0 Å². The lowest BCUT2D eigenvalue weighted by atomic mass is 10.0. The van der Waals surface area contributed by atoms with E-state index in [1.54, 1.807) is 38.1 Å². The smallest absolute Gasteiger partial charge is 0.335 e. The number of rotatable bonds is 22. The van der Waals surface area contributed by atoms with Gasteiger partial charge in [0.15, 0.2) is 0 Å². The molecule has 0 saturated carbocycles. The Bertz CT molecular complexity index is 773. The van der Waals surface area contributed by atoms with Gasteiger partial charge in [0, 0.05) is 12.8 Å². The Hall–Kier alpha value is -1.69. The number of hydrogen-bond acceptors (Lipinski definition) is 5. The van der Waals surface area contributed by atoms with Gasteiger partial charge in [-0.1, -0.05) is 95.4 Å². The maximum absolute atomic E-state index is 12.7. The van der Waals surface area contributed by atoms with E-state index in [4.69, 9.17) is 9.05 Å². The Labute approximate surface area is 218 Å². The third kappa shape index (κ3) is 14.8. The van der Waals surface area contributed by atoms with Gasteiger partial charge >= 0.3 is 13.6 Å². The second kappa shape index (κ2) is 19.4. The van der Waals surface area contributed by atoms with E-state index >= 15 is 0 Å². The molecule has 7 nitrogen and oxygen atoms in total. The van der Waals surface area contributed by atoms with Crippen molar-refractivity contribution < 1.29 is 28.3 Å². The van der Waals surface area contributed by atoms with Crippen molar-refractivity contribution in [3.05, 3.63) is 35.4 Å². The van der Waals surface area contributed by atoms with Gasteiger partial charge in [-0.3, -0.25) is 9.36 Å². The Kier molecular flexibility index (Phi) is 17.4. The van der Waals surface area contributed by atoms with Crippen LogP contribution >= 0.6 is 7.60 Å². The molecule has 0 unspecified atom stereocenters. The number of carboxylic acids is 1. The predicted molar refractivity (Wildman–Crippen MR) is 145 cm³/mol. The van der Waals surface area contributed by atoms with Gasteiger partial charge in [0.05, 0.1) is 19.4 Å².